The highest BCUT2D eigenvalue weighted by molar-refractivity contribution is 6.02. The van der Waals surface area contributed by atoms with Crippen LogP contribution in [0.2, 0.25) is 0 Å². The summed E-state index contributed by atoms with van der Waals surface area (Å²) >= 11 is 0. The second kappa shape index (κ2) is 6.93. The lowest BCUT2D eigenvalue weighted by molar-refractivity contribution is -0.552. The molecule has 0 spiro atoms. The van der Waals surface area contributed by atoms with Crippen LogP contribution in [0.4, 0.5) is 0 Å². The molecule has 0 aromatic heterocycles. The van der Waals surface area contributed by atoms with E-state index in [0.29, 0.717) is 12.0 Å². The van der Waals surface area contributed by atoms with E-state index in [4.69, 9.17) is 0 Å². The van der Waals surface area contributed by atoms with Gasteiger partial charge in [-0.2, -0.15) is 0 Å². The molecule has 1 rings (SSSR count). The first kappa shape index (κ1) is 16.0. The Hall–Kier alpha value is -2.04. The zero-order valence-electron chi connectivity index (χ0n) is 11.8. The monoisotopic (exact) mass is 277 g/mol. The summed E-state index contributed by atoms with van der Waals surface area (Å²) in [6.45, 7) is 3.17. The van der Waals surface area contributed by atoms with E-state index < -0.39 is 16.2 Å². The van der Waals surface area contributed by atoms with E-state index in [1.807, 2.05) is 0 Å². The quantitative estimate of drug-likeness (QED) is 0.415. The fourth-order valence-electron chi connectivity index (χ4n) is 2.27. The normalized spacial score (nSPS) is 13.5. The highest BCUT2D eigenvalue weighted by Crippen LogP contribution is 2.28. The molecule has 0 amide bonds. The van der Waals surface area contributed by atoms with Crippen molar-refractivity contribution in [3.8, 4) is 0 Å². The minimum atomic E-state index is -1.69. The van der Waals surface area contributed by atoms with Crippen molar-refractivity contribution < 1.29 is 14.5 Å². The van der Waals surface area contributed by atoms with Crippen molar-refractivity contribution in [2.75, 3.05) is 0 Å². The molecular weight excluding hydrogens is 258 g/mol. The Balaban J connectivity index is 3.17. The van der Waals surface area contributed by atoms with Gasteiger partial charge in [0.25, 0.3) is 5.54 Å². The van der Waals surface area contributed by atoms with Gasteiger partial charge in [0.1, 0.15) is 5.78 Å². The molecule has 0 fully saturated rings. The van der Waals surface area contributed by atoms with Crippen molar-refractivity contribution in [2.24, 2.45) is 0 Å². The third-order valence-electron chi connectivity index (χ3n) is 3.36. The van der Waals surface area contributed by atoms with Gasteiger partial charge in [0.05, 0.1) is 0 Å². The molecule has 0 radical (unpaired) electrons. The summed E-state index contributed by atoms with van der Waals surface area (Å²) in [5.74, 6) is -0.653. The molecule has 5 nitrogen and oxygen atoms in total. The Bertz CT molecular complexity index is 498. The second-order valence-electron chi connectivity index (χ2n) is 4.94. The molecule has 108 valence electrons. The first-order valence-electron chi connectivity index (χ1n) is 6.68. The fraction of sp³-hybridized carbons (Fsp3) is 0.467. The minimum Gasteiger partial charge on any atom is -0.300 e. The highest BCUT2D eigenvalue weighted by atomic mass is 16.6. The molecule has 0 aliphatic heterocycles. The standard InChI is InChI=1S/C15H19NO4/c1-3-10-15(16(19)20,11-9-12(2)17)14(18)13-7-5-4-6-8-13/h4-8H,3,9-11H2,1-2H3. The summed E-state index contributed by atoms with van der Waals surface area (Å²) in [4.78, 5) is 34.7. The molecule has 0 heterocycles. The van der Waals surface area contributed by atoms with Crippen LogP contribution in [0.15, 0.2) is 30.3 Å². The number of Topliss-reactive ketones (excluding diaryl/α,β-unsaturated/α-hetero) is 2. The first-order chi connectivity index (χ1) is 9.44. The minimum absolute atomic E-state index is 0.0412. The molecule has 20 heavy (non-hydrogen) atoms. The number of carbonyl (C=O) groups excluding carboxylic acids is 2. The molecule has 0 saturated heterocycles. The Kier molecular flexibility index (Phi) is 5.55. The van der Waals surface area contributed by atoms with Crippen molar-refractivity contribution in [1.82, 2.24) is 0 Å². The van der Waals surface area contributed by atoms with Crippen LogP contribution in [0, 0.1) is 10.1 Å². The van der Waals surface area contributed by atoms with Gasteiger partial charge in [0, 0.05) is 29.7 Å². The predicted molar refractivity (Wildman–Crippen MR) is 75.3 cm³/mol. The maximum absolute atomic E-state index is 12.6. The lowest BCUT2D eigenvalue weighted by Crippen LogP contribution is -2.46. The number of benzene rings is 1. The molecular formula is C15H19NO4. The Labute approximate surface area is 118 Å². The molecule has 1 aromatic carbocycles. The van der Waals surface area contributed by atoms with Crippen LogP contribution < -0.4 is 0 Å². The van der Waals surface area contributed by atoms with Crippen LogP contribution in [-0.2, 0) is 4.79 Å². The van der Waals surface area contributed by atoms with E-state index in [1.165, 1.54) is 6.92 Å². The predicted octanol–water partition coefficient (Wildman–Crippen LogP) is 3.05. The molecule has 0 N–H and O–H groups in total. The molecule has 0 bridgehead atoms. The average molecular weight is 277 g/mol. The van der Waals surface area contributed by atoms with Gasteiger partial charge in [-0.05, 0) is 13.3 Å². The lowest BCUT2D eigenvalue weighted by atomic mass is 9.81. The van der Waals surface area contributed by atoms with E-state index in [1.54, 1.807) is 37.3 Å². The molecule has 0 aliphatic rings. The van der Waals surface area contributed by atoms with Crippen molar-refractivity contribution >= 4 is 11.6 Å². The maximum atomic E-state index is 12.6. The first-order valence-corrected chi connectivity index (χ1v) is 6.68. The molecule has 0 saturated carbocycles. The van der Waals surface area contributed by atoms with Gasteiger partial charge in [0.2, 0.25) is 5.78 Å². The number of ketones is 2. The highest BCUT2D eigenvalue weighted by Gasteiger charge is 2.49. The smallest absolute Gasteiger partial charge is 0.284 e. The van der Waals surface area contributed by atoms with Gasteiger partial charge in [-0.25, -0.2) is 0 Å². The van der Waals surface area contributed by atoms with Crippen molar-refractivity contribution in [3.05, 3.63) is 46.0 Å². The van der Waals surface area contributed by atoms with E-state index in [-0.39, 0.29) is 25.0 Å². The summed E-state index contributed by atoms with van der Waals surface area (Å²) in [5, 5.41) is 11.5. The number of nitrogens with zero attached hydrogens (tertiary/aromatic N) is 1. The molecule has 1 unspecified atom stereocenters. The van der Waals surface area contributed by atoms with Gasteiger partial charge < -0.3 is 4.79 Å². The molecule has 5 heteroatoms. The van der Waals surface area contributed by atoms with Gasteiger partial charge in [-0.15, -0.1) is 0 Å². The van der Waals surface area contributed by atoms with Crippen LogP contribution >= 0.6 is 0 Å². The summed E-state index contributed by atoms with van der Waals surface area (Å²) < 4.78 is 0. The average Bonchev–Trinajstić information content (AvgIpc) is 2.43. The Morgan fingerprint density at radius 1 is 1.20 bits per heavy atom. The second-order valence-corrected chi connectivity index (χ2v) is 4.94. The topological polar surface area (TPSA) is 77.3 Å². The molecule has 1 atom stereocenters. The number of nitro groups is 1. The van der Waals surface area contributed by atoms with Gasteiger partial charge in [0.15, 0.2) is 0 Å². The van der Waals surface area contributed by atoms with Crippen LogP contribution in [0.25, 0.3) is 0 Å². The lowest BCUT2D eigenvalue weighted by Gasteiger charge is -2.23. The summed E-state index contributed by atoms with van der Waals surface area (Å²) in [7, 11) is 0. The van der Waals surface area contributed by atoms with Crippen molar-refractivity contribution in [3.63, 3.8) is 0 Å². The van der Waals surface area contributed by atoms with Gasteiger partial charge in [-0.3, -0.25) is 14.9 Å². The number of carbonyl (C=O) groups is 2. The fourth-order valence-corrected chi connectivity index (χ4v) is 2.27. The van der Waals surface area contributed by atoms with Gasteiger partial charge >= 0.3 is 0 Å². The van der Waals surface area contributed by atoms with Crippen LogP contribution in [-0.4, -0.2) is 22.0 Å². The van der Waals surface area contributed by atoms with E-state index in [2.05, 4.69) is 0 Å². The van der Waals surface area contributed by atoms with E-state index >= 15 is 0 Å². The van der Waals surface area contributed by atoms with Crippen molar-refractivity contribution in [2.45, 2.75) is 45.1 Å². The SMILES string of the molecule is CCCC(CCC(C)=O)(C(=O)c1ccccc1)[N+](=O)[O-]. The van der Waals surface area contributed by atoms with Gasteiger partial charge in [-0.1, -0.05) is 37.3 Å². The third-order valence-corrected chi connectivity index (χ3v) is 3.36. The zero-order chi connectivity index (χ0) is 15.2. The van der Waals surface area contributed by atoms with Crippen LogP contribution in [0.3, 0.4) is 0 Å². The number of hydrogen-bond acceptors (Lipinski definition) is 4. The summed E-state index contributed by atoms with van der Waals surface area (Å²) in [6.07, 6.45) is 0.648. The van der Waals surface area contributed by atoms with E-state index in [9.17, 15) is 19.7 Å². The third kappa shape index (κ3) is 3.50. The Morgan fingerprint density at radius 2 is 1.80 bits per heavy atom. The van der Waals surface area contributed by atoms with E-state index in [0.717, 1.165) is 0 Å². The summed E-state index contributed by atoms with van der Waals surface area (Å²) in [5.41, 5.74) is -1.37. The van der Waals surface area contributed by atoms with Crippen LogP contribution in [0.5, 0.6) is 0 Å². The largest absolute Gasteiger partial charge is 0.300 e. The van der Waals surface area contributed by atoms with Crippen molar-refractivity contribution in [1.29, 1.82) is 0 Å². The maximum Gasteiger partial charge on any atom is 0.284 e. The Morgan fingerprint density at radius 3 is 2.25 bits per heavy atom. The molecule has 0 aliphatic carbocycles. The zero-order valence-corrected chi connectivity index (χ0v) is 11.8. The van der Waals surface area contributed by atoms with Crippen LogP contribution in [0.1, 0.15) is 49.9 Å². The number of hydrogen-bond donors (Lipinski definition) is 0. The molecule has 1 aromatic rings. The number of rotatable bonds is 8. The summed E-state index contributed by atoms with van der Waals surface area (Å²) in [6, 6.07) is 8.25.